The molecule has 0 spiro atoms. The predicted octanol–water partition coefficient (Wildman–Crippen LogP) is 2.00. The van der Waals surface area contributed by atoms with Crippen LogP contribution in [0, 0.1) is 11.6 Å². The molecule has 0 aromatic heterocycles. The number of benzene rings is 1. The molecule has 0 aliphatic carbocycles. The number of halogens is 2. The van der Waals surface area contributed by atoms with Gasteiger partial charge in [-0.1, -0.05) is 19.9 Å². The zero-order valence-corrected chi connectivity index (χ0v) is 8.80. The van der Waals surface area contributed by atoms with Crippen LogP contribution in [-0.2, 0) is 0 Å². The highest BCUT2D eigenvalue weighted by Gasteiger charge is 2.13. The summed E-state index contributed by atoms with van der Waals surface area (Å²) in [4.78, 5) is 0. The van der Waals surface area contributed by atoms with Crippen LogP contribution in [0.4, 0.5) is 8.78 Å². The molecule has 0 fully saturated rings. The van der Waals surface area contributed by atoms with Gasteiger partial charge in [0.2, 0.25) is 0 Å². The largest absolute Gasteiger partial charge is 0.394 e. The van der Waals surface area contributed by atoms with E-state index in [0.29, 0.717) is 5.56 Å². The number of rotatable bonds is 4. The van der Waals surface area contributed by atoms with Gasteiger partial charge in [-0.15, -0.1) is 0 Å². The summed E-state index contributed by atoms with van der Waals surface area (Å²) >= 11 is 0. The van der Waals surface area contributed by atoms with Crippen LogP contribution in [0.25, 0.3) is 0 Å². The lowest BCUT2D eigenvalue weighted by molar-refractivity contribution is 0.237. The van der Waals surface area contributed by atoms with Crippen molar-refractivity contribution in [1.29, 1.82) is 0 Å². The molecule has 0 aliphatic heterocycles. The molecular weight excluding hydrogens is 200 g/mol. The van der Waals surface area contributed by atoms with Gasteiger partial charge < -0.3 is 10.4 Å². The maximum atomic E-state index is 12.9. The second kappa shape index (κ2) is 5.19. The standard InChI is InChI=1S/C11H15F2NO/c1-7(2)14-11(6-15)8-3-4-9(12)10(13)5-8/h3-5,7,11,14-15H,6H2,1-2H3. The lowest BCUT2D eigenvalue weighted by atomic mass is 10.1. The molecule has 15 heavy (non-hydrogen) atoms. The van der Waals surface area contributed by atoms with Crippen molar-refractivity contribution in [3.8, 4) is 0 Å². The van der Waals surface area contributed by atoms with Crippen LogP contribution in [0.15, 0.2) is 18.2 Å². The number of aliphatic hydroxyl groups excluding tert-OH is 1. The first kappa shape index (κ1) is 12.1. The Morgan fingerprint density at radius 3 is 2.40 bits per heavy atom. The topological polar surface area (TPSA) is 32.3 Å². The van der Waals surface area contributed by atoms with Gasteiger partial charge in [0.1, 0.15) is 0 Å². The highest BCUT2D eigenvalue weighted by molar-refractivity contribution is 5.21. The van der Waals surface area contributed by atoms with Gasteiger partial charge in [-0.3, -0.25) is 0 Å². The number of hydrogen-bond acceptors (Lipinski definition) is 2. The molecule has 84 valence electrons. The molecule has 1 aromatic carbocycles. The first-order chi connectivity index (χ1) is 7.04. The first-order valence-corrected chi connectivity index (χ1v) is 4.86. The molecule has 0 saturated heterocycles. The summed E-state index contributed by atoms with van der Waals surface area (Å²) in [7, 11) is 0. The lowest BCUT2D eigenvalue weighted by Gasteiger charge is -2.19. The average molecular weight is 215 g/mol. The van der Waals surface area contributed by atoms with Crippen LogP contribution in [-0.4, -0.2) is 17.8 Å². The second-order valence-electron chi connectivity index (χ2n) is 3.73. The van der Waals surface area contributed by atoms with E-state index in [1.54, 1.807) is 0 Å². The summed E-state index contributed by atoms with van der Waals surface area (Å²) < 4.78 is 25.6. The zero-order chi connectivity index (χ0) is 11.4. The molecule has 2 N–H and O–H groups in total. The highest BCUT2D eigenvalue weighted by Crippen LogP contribution is 2.16. The summed E-state index contributed by atoms with van der Waals surface area (Å²) in [5, 5.41) is 12.2. The normalized spacial score (nSPS) is 13.2. The van der Waals surface area contributed by atoms with Crippen LogP contribution in [0.1, 0.15) is 25.5 Å². The molecule has 0 aliphatic rings. The third-order valence-electron chi connectivity index (χ3n) is 2.06. The van der Waals surface area contributed by atoms with E-state index >= 15 is 0 Å². The van der Waals surface area contributed by atoms with Crippen molar-refractivity contribution in [2.75, 3.05) is 6.61 Å². The summed E-state index contributed by atoms with van der Waals surface area (Å²) in [5.41, 5.74) is 0.546. The van der Waals surface area contributed by atoms with Crippen molar-refractivity contribution in [2.45, 2.75) is 25.9 Å². The van der Waals surface area contributed by atoms with Crippen molar-refractivity contribution >= 4 is 0 Å². The summed E-state index contributed by atoms with van der Waals surface area (Å²) in [5.74, 6) is -1.77. The predicted molar refractivity (Wildman–Crippen MR) is 54.5 cm³/mol. The van der Waals surface area contributed by atoms with Crippen LogP contribution in [0.2, 0.25) is 0 Å². The third kappa shape index (κ3) is 3.25. The SMILES string of the molecule is CC(C)NC(CO)c1ccc(F)c(F)c1. The van der Waals surface area contributed by atoms with E-state index in [2.05, 4.69) is 5.32 Å². The zero-order valence-electron chi connectivity index (χ0n) is 8.80. The Bertz CT molecular complexity index is 328. The Morgan fingerprint density at radius 2 is 1.93 bits per heavy atom. The van der Waals surface area contributed by atoms with E-state index in [1.807, 2.05) is 13.8 Å². The third-order valence-corrected chi connectivity index (χ3v) is 2.06. The minimum atomic E-state index is -0.892. The van der Waals surface area contributed by atoms with Gasteiger partial charge >= 0.3 is 0 Å². The van der Waals surface area contributed by atoms with Crippen LogP contribution in [0.5, 0.6) is 0 Å². The van der Waals surface area contributed by atoms with Gasteiger partial charge in [-0.05, 0) is 17.7 Å². The Kier molecular flexibility index (Phi) is 4.17. The summed E-state index contributed by atoms with van der Waals surface area (Å²) in [6, 6.07) is 3.44. The van der Waals surface area contributed by atoms with Gasteiger partial charge in [-0.25, -0.2) is 8.78 Å². The van der Waals surface area contributed by atoms with E-state index < -0.39 is 11.6 Å². The number of nitrogens with one attached hydrogen (secondary N) is 1. The molecule has 2 nitrogen and oxygen atoms in total. The van der Waals surface area contributed by atoms with Crippen LogP contribution < -0.4 is 5.32 Å². The molecule has 0 amide bonds. The van der Waals surface area contributed by atoms with E-state index in [4.69, 9.17) is 5.11 Å². The molecule has 0 bridgehead atoms. The van der Waals surface area contributed by atoms with Gasteiger partial charge in [0, 0.05) is 6.04 Å². The number of aliphatic hydroxyl groups is 1. The minimum absolute atomic E-state index is 0.150. The van der Waals surface area contributed by atoms with Crippen molar-refractivity contribution in [2.24, 2.45) is 0 Å². The Hall–Kier alpha value is -1.00. The molecule has 1 aromatic rings. The fourth-order valence-electron chi connectivity index (χ4n) is 1.39. The molecule has 0 saturated carbocycles. The molecular formula is C11H15F2NO. The van der Waals surface area contributed by atoms with Crippen molar-refractivity contribution in [3.63, 3.8) is 0 Å². The Labute approximate surface area is 87.9 Å². The van der Waals surface area contributed by atoms with Gasteiger partial charge in [0.15, 0.2) is 11.6 Å². The quantitative estimate of drug-likeness (QED) is 0.805. The fourth-order valence-corrected chi connectivity index (χ4v) is 1.39. The number of hydrogen-bond donors (Lipinski definition) is 2. The molecule has 4 heteroatoms. The minimum Gasteiger partial charge on any atom is -0.394 e. The fraction of sp³-hybridized carbons (Fsp3) is 0.455. The van der Waals surface area contributed by atoms with Crippen molar-refractivity contribution in [1.82, 2.24) is 5.32 Å². The van der Waals surface area contributed by atoms with Gasteiger partial charge in [0.25, 0.3) is 0 Å². The smallest absolute Gasteiger partial charge is 0.159 e. The van der Waals surface area contributed by atoms with E-state index in [1.165, 1.54) is 6.07 Å². The van der Waals surface area contributed by atoms with Gasteiger partial charge in [0.05, 0.1) is 12.6 Å². The van der Waals surface area contributed by atoms with Gasteiger partial charge in [-0.2, -0.15) is 0 Å². The van der Waals surface area contributed by atoms with Crippen LogP contribution in [0.3, 0.4) is 0 Å². The molecule has 0 radical (unpaired) electrons. The van der Waals surface area contributed by atoms with Crippen molar-refractivity contribution < 1.29 is 13.9 Å². The summed E-state index contributed by atoms with van der Waals surface area (Å²) in [6.07, 6.45) is 0. The first-order valence-electron chi connectivity index (χ1n) is 4.86. The monoisotopic (exact) mass is 215 g/mol. The van der Waals surface area contributed by atoms with E-state index in [-0.39, 0.29) is 18.7 Å². The van der Waals surface area contributed by atoms with E-state index in [9.17, 15) is 8.78 Å². The molecule has 1 unspecified atom stereocenters. The highest BCUT2D eigenvalue weighted by atomic mass is 19.2. The maximum absolute atomic E-state index is 12.9. The Morgan fingerprint density at radius 1 is 1.27 bits per heavy atom. The molecule has 0 heterocycles. The molecule has 1 atom stereocenters. The average Bonchev–Trinajstić information content (AvgIpc) is 2.18. The Balaban J connectivity index is 2.87. The van der Waals surface area contributed by atoms with Crippen molar-refractivity contribution in [3.05, 3.63) is 35.4 Å². The van der Waals surface area contributed by atoms with Crippen LogP contribution >= 0.6 is 0 Å². The molecule has 1 rings (SSSR count). The maximum Gasteiger partial charge on any atom is 0.159 e. The second-order valence-corrected chi connectivity index (χ2v) is 3.73. The summed E-state index contributed by atoms with van der Waals surface area (Å²) in [6.45, 7) is 3.69. The lowest BCUT2D eigenvalue weighted by Crippen LogP contribution is -2.30. The van der Waals surface area contributed by atoms with E-state index in [0.717, 1.165) is 12.1 Å².